The Bertz CT molecular complexity index is 719. The fourth-order valence-corrected chi connectivity index (χ4v) is 2.46. The van der Waals surface area contributed by atoms with Crippen molar-refractivity contribution in [3.05, 3.63) is 42.7 Å². The van der Waals surface area contributed by atoms with Gasteiger partial charge in [0.25, 0.3) is 0 Å². The van der Waals surface area contributed by atoms with Crippen molar-refractivity contribution in [1.29, 1.82) is 0 Å². The maximum absolute atomic E-state index is 5.60. The Morgan fingerprint density at radius 2 is 1.90 bits per heavy atom. The second-order valence-electron chi connectivity index (χ2n) is 4.49. The summed E-state index contributed by atoms with van der Waals surface area (Å²) in [6.07, 6.45) is 1.56. The molecule has 0 spiro atoms. The van der Waals surface area contributed by atoms with Gasteiger partial charge in [-0.05, 0) is 25.5 Å². The number of benzene rings is 1. The maximum atomic E-state index is 5.60. The number of rotatable bonds is 4. The van der Waals surface area contributed by atoms with Crippen molar-refractivity contribution in [3.63, 3.8) is 0 Å². The standard InChI is InChI=1S/C16H17N3O/c1-3-19-14(12-8-6-5-7-9-12)10-13-15(19)17-11-18-16(13)20-4-2/h5-11H,3-4H2,1-2H3. The van der Waals surface area contributed by atoms with Crippen molar-refractivity contribution in [2.24, 2.45) is 0 Å². The van der Waals surface area contributed by atoms with E-state index < -0.39 is 0 Å². The van der Waals surface area contributed by atoms with Crippen LogP contribution in [0.2, 0.25) is 0 Å². The van der Waals surface area contributed by atoms with Crippen LogP contribution >= 0.6 is 0 Å². The van der Waals surface area contributed by atoms with Crippen LogP contribution in [-0.2, 0) is 6.54 Å². The third kappa shape index (κ3) is 2.03. The predicted molar refractivity (Wildman–Crippen MR) is 79.8 cm³/mol. The molecule has 4 nitrogen and oxygen atoms in total. The first kappa shape index (κ1) is 12.7. The van der Waals surface area contributed by atoms with E-state index in [1.807, 2.05) is 25.1 Å². The molecule has 0 saturated carbocycles. The van der Waals surface area contributed by atoms with Crippen molar-refractivity contribution >= 4 is 11.0 Å². The first-order valence-electron chi connectivity index (χ1n) is 6.87. The average Bonchev–Trinajstić information content (AvgIpc) is 2.88. The molecule has 0 bridgehead atoms. The SMILES string of the molecule is CCOc1ncnc2c1cc(-c1ccccc1)n2CC. The first-order valence-corrected chi connectivity index (χ1v) is 6.87. The minimum Gasteiger partial charge on any atom is -0.477 e. The van der Waals surface area contributed by atoms with E-state index in [1.54, 1.807) is 6.33 Å². The third-order valence-electron chi connectivity index (χ3n) is 3.32. The summed E-state index contributed by atoms with van der Waals surface area (Å²) < 4.78 is 7.79. The summed E-state index contributed by atoms with van der Waals surface area (Å²) >= 11 is 0. The molecule has 0 aliphatic heterocycles. The summed E-state index contributed by atoms with van der Waals surface area (Å²) in [4.78, 5) is 8.65. The van der Waals surface area contributed by atoms with Crippen molar-refractivity contribution < 1.29 is 4.74 Å². The third-order valence-corrected chi connectivity index (χ3v) is 3.32. The summed E-state index contributed by atoms with van der Waals surface area (Å²) in [5.74, 6) is 0.655. The number of aryl methyl sites for hydroxylation is 1. The van der Waals surface area contributed by atoms with Crippen LogP contribution in [0.5, 0.6) is 5.88 Å². The van der Waals surface area contributed by atoms with Crippen molar-refractivity contribution in [2.45, 2.75) is 20.4 Å². The van der Waals surface area contributed by atoms with E-state index in [9.17, 15) is 0 Å². The number of ether oxygens (including phenoxy) is 1. The van der Waals surface area contributed by atoms with Crippen LogP contribution in [0.4, 0.5) is 0 Å². The highest BCUT2D eigenvalue weighted by Crippen LogP contribution is 2.31. The summed E-state index contributed by atoms with van der Waals surface area (Å²) in [7, 11) is 0. The van der Waals surface area contributed by atoms with E-state index in [0.717, 1.165) is 23.3 Å². The van der Waals surface area contributed by atoms with Crippen LogP contribution in [-0.4, -0.2) is 21.1 Å². The van der Waals surface area contributed by atoms with Crippen LogP contribution in [0, 0.1) is 0 Å². The maximum Gasteiger partial charge on any atom is 0.226 e. The summed E-state index contributed by atoms with van der Waals surface area (Å²) in [5.41, 5.74) is 3.24. The molecular formula is C16H17N3O. The minimum atomic E-state index is 0.601. The molecule has 0 radical (unpaired) electrons. The molecule has 0 saturated heterocycles. The van der Waals surface area contributed by atoms with Gasteiger partial charge in [0.05, 0.1) is 17.7 Å². The smallest absolute Gasteiger partial charge is 0.226 e. The van der Waals surface area contributed by atoms with Crippen LogP contribution in [0.15, 0.2) is 42.7 Å². The van der Waals surface area contributed by atoms with Crippen LogP contribution in [0.3, 0.4) is 0 Å². The Kier molecular flexibility index (Phi) is 3.37. The molecular weight excluding hydrogens is 250 g/mol. The molecule has 3 aromatic rings. The molecule has 20 heavy (non-hydrogen) atoms. The molecule has 0 N–H and O–H groups in total. The fourth-order valence-electron chi connectivity index (χ4n) is 2.46. The molecule has 0 unspecified atom stereocenters. The van der Waals surface area contributed by atoms with Gasteiger partial charge >= 0.3 is 0 Å². The molecule has 4 heteroatoms. The number of aromatic nitrogens is 3. The molecule has 0 aliphatic carbocycles. The van der Waals surface area contributed by atoms with Gasteiger partial charge in [0, 0.05) is 6.54 Å². The van der Waals surface area contributed by atoms with Gasteiger partial charge in [-0.3, -0.25) is 0 Å². The molecule has 0 aliphatic rings. The van der Waals surface area contributed by atoms with E-state index in [-0.39, 0.29) is 0 Å². The quantitative estimate of drug-likeness (QED) is 0.726. The van der Waals surface area contributed by atoms with Crippen molar-refractivity contribution in [1.82, 2.24) is 14.5 Å². The van der Waals surface area contributed by atoms with Gasteiger partial charge in [0.2, 0.25) is 5.88 Å². The van der Waals surface area contributed by atoms with Gasteiger partial charge in [0.1, 0.15) is 12.0 Å². The number of hydrogen-bond acceptors (Lipinski definition) is 3. The van der Waals surface area contributed by atoms with Gasteiger partial charge in [-0.15, -0.1) is 0 Å². The molecule has 0 amide bonds. The largest absolute Gasteiger partial charge is 0.477 e. The predicted octanol–water partition coefficient (Wildman–Crippen LogP) is 3.52. The zero-order chi connectivity index (χ0) is 13.9. The first-order chi connectivity index (χ1) is 9.85. The van der Waals surface area contributed by atoms with E-state index in [4.69, 9.17) is 4.74 Å². The van der Waals surface area contributed by atoms with Gasteiger partial charge in [-0.2, -0.15) is 0 Å². The minimum absolute atomic E-state index is 0.601. The van der Waals surface area contributed by atoms with Gasteiger partial charge in [-0.25, -0.2) is 9.97 Å². The lowest BCUT2D eigenvalue weighted by atomic mass is 10.1. The Morgan fingerprint density at radius 1 is 1.10 bits per heavy atom. The highest BCUT2D eigenvalue weighted by molar-refractivity contribution is 5.87. The lowest BCUT2D eigenvalue weighted by Crippen LogP contribution is -1.99. The second-order valence-corrected chi connectivity index (χ2v) is 4.49. The molecule has 0 fully saturated rings. The topological polar surface area (TPSA) is 39.9 Å². The Morgan fingerprint density at radius 3 is 2.60 bits per heavy atom. The highest BCUT2D eigenvalue weighted by Gasteiger charge is 2.14. The van der Waals surface area contributed by atoms with E-state index in [2.05, 4.69) is 39.7 Å². The van der Waals surface area contributed by atoms with E-state index in [0.29, 0.717) is 12.5 Å². The van der Waals surface area contributed by atoms with Crippen LogP contribution in [0.25, 0.3) is 22.3 Å². The Hall–Kier alpha value is -2.36. The van der Waals surface area contributed by atoms with Gasteiger partial charge in [0.15, 0.2) is 0 Å². The second kappa shape index (κ2) is 5.33. The molecule has 2 aromatic heterocycles. The molecule has 1 aromatic carbocycles. The normalized spacial score (nSPS) is 10.9. The van der Waals surface area contributed by atoms with Crippen LogP contribution < -0.4 is 4.74 Å². The zero-order valence-corrected chi connectivity index (χ0v) is 11.7. The van der Waals surface area contributed by atoms with E-state index >= 15 is 0 Å². The van der Waals surface area contributed by atoms with Gasteiger partial charge < -0.3 is 9.30 Å². The Labute approximate surface area is 118 Å². The summed E-state index contributed by atoms with van der Waals surface area (Å²) in [6, 6.07) is 12.4. The van der Waals surface area contributed by atoms with Crippen molar-refractivity contribution in [2.75, 3.05) is 6.61 Å². The number of fused-ring (bicyclic) bond motifs is 1. The lowest BCUT2D eigenvalue weighted by Gasteiger charge is -2.07. The zero-order valence-electron chi connectivity index (χ0n) is 11.7. The van der Waals surface area contributed by atoms with E-state index in [1.165, 1.54) is 5.56 Å². The highest BCUT2D eigenvalue weighted by atomic mass is 16.5. The molecule has 2 heterocycles. The molecule has 0 atom stereocenters. The summed E-state index contributed by atoms with van der Waals surface area (Å²) in [6.45, 7) is 5.54. The van der Waals surface area contributed by atoms with Crippen molar-refractivity contribution in [3.8, 4) is 17.1 Å². The Balaban J connectivity index is 2.25. The van der Waals surface area contributed by atoms with Gasteiger partial charge in [-0.1, -0.05) is 30.3 Å². The lowest BCUT2D eigenvalue weighted by molar-refractivity contribution is 0.331. The summed E-state index contributed by atoms with van der Waals surface area (Å²) in [5, 5.41) is 0.968. The van der Waals surface area contributed by atoms with Crippen LogP contribution in [0.1, 0.15) is 13.8 Å². The average molecular weight is 267 g/mol. The fraction of sp³-hybridized carbons (Fsp3) is 0.250. The molecule has 102 valence electrons. The number of hydrogen-bond donors (Lipinski definition) is 0. The monoisotopic (exact) mass is 267 g/mol. The number of nitrogens with zero attached hydrogens (tertiary/aromatic N) is 3. The molecule has 3 rings (SSSR count).